The molecule has 1 saturated carbocycles. The molecule has 1 aromatic heterocycles. The molecule has 1 aliphatic rings. The van der Waals surface area contributed by atoms with Crippen molar-refractivity contribution in [1.29, 1.82) is 0 Å². The maximum Gasteiger partial charge on any atom is 0.257 e. The number of ether oxygens (including phenoxy) is 1. The second kappa shape index (κ2) is 5.01. The molecule has 1 amide bonds. The van der Waals surface area contributed by atoms with Crippen molar-refractivity contribution in [2.24, 2.45) is 5.92 Å². The molecule has 0 bridgehead atoms. The van der Waals surface area contributed by atoms with Crippen LogP contribution in [0.15, 0.2) is 12.4 Å². The monoisotopic (exact) mass is 223 g/mol. The van der Waals surface area contributed by atoms with Crippen LogP contribution in [0.2, 0.25) is 0 Å². The minimum atomic E-state index is -0.0591. The Balaban J connectivity index is 1.67. The first-order valence-electron chi connectivity index (χ1n) is 5.70. The molecular formula is C11H17N3O2. The standard InChI is InChI=1S/C11H17N3O2/c1-2-14-7-10(6-13-14)16-8-11(15)12-5-9-3-4-9/h6-7,9H,2-5,8H2,1H3,(H,12,15). The van der Waals surface area contributed by atoms with E-state index in [1.165, 1.54) is 12.8 Å². The third-order valence-corrected chi connectivity index (χ3v) is 2.59. The summed E-state index contributed by atoms with van der Waals surface area (Å²) < 4.78 is 7.07. The van der Waals surface area contributed by atoms with Crippen molar-refractivity contribution in [3.8, 4) is 5.75 Å². The lowest BCUT2D eigenvalue weighted by atomic mass is 10.4. The first kappa shape index (κ1) is 11.0. The molecule has 1 N–H and O–H groups in total. The van der Waals surface area contributed by atoms with Crippen LogP contribution in [0.25, 0.3) is 0 Å². The topological polar surface area (TPSA) is 56.1 Å². The van der Waals surface area contributed by atoms with E-state index in [4.69, 9.17) is 4.74 Å². The van der Waals surface area contributed by atoms with Gasteiger partial charge in [0.05, 0.1) is 12.4 Å². The van der Waals surface area contributed by atoms with Crippen molar-refractivity contribution >= 4 is 5.91 Å². The van der Waals surface area contributed by atoms with Crippen LogP contribution in [0.1, 0.15) is 19.8 Å². The average molecular weight is 223 g/mol. The summed E-state index contributed by atoms with van der Waals surface area (Å²) in [7, 11) is 0. The highest BCUT2D eigenvalue weighted by Gasteiger charge is 2.21. The highest BCUT2D eigenvalue weighted by Crippen LogP contribution is 2.27. The molecule has 0 saturated heterocycles. The summed E-state index contributed by atoms with van der Waals surface area (Å²) in [5, 5.41) is 6.90. The molecule has 1 heterocycles. The quantitative estimate of drug-likeness (QED) is 0.776. The molecule has 88 valence electrons. The van der Waals surface area contributed by atoms with E-state index in [-0.39, 0.29) is 12.5 Å². The van der Waals surface area contributed by atoms with Crippen LogP contribution in [0.4, 0.5) is 0 Å². The maximum atomic E-state index is 11.4. The van der Waals surface area contributed by atoms with Crippen molar-refractivity contribution in [2.75, 3.05) is 13.2 Å². The molecule has 1 fully saturated rings. The number of hydrogen-bond donors (Lipinski definition) is 1. The first-order chi connectivity index (χ1) is 7.78. The summed E-state index contributed by atoms with van der Waals surface area (Å²) in [4.78, 5) is 11.4. The summed E-state index contributed by atoms with van der Waals surface area (Å²) >= 11 is 0. The SMILES string of the molecule is CCn1cc(OCC(=O)NCC2CC2)cn1. The summed E-state index contributed by atoms with van der Waals surface area (Å²) in [6, 6.07) is 0. The molecule has 5 nitrogen and oxygen atoms in total. The van der Waals surface area contributed by atoms with Crippen LogP contribution in [0.3, 0.4) is 0 Å². The Labute approximate surface area is 94.8 Å². The number of amides is 1. The maximum absolute atomic E-state index is 11.4. The Hall–Kier alpha value is -1.52. The zero-order valence-electron chi connectivity index (χ0n) is 9.48. The lowest BCUT2D eigenvalue weighted by Crippen LogP contribution is -2.30. The molecule has 0 radical (unpaired) electrons. The fraction of sp³-hybridized carbons (Fsp3) is 0.636. The predicted molar refractivity (Wildman–Crippen MR) is 59.1 cm³/mol. The van der Waals surface area contributed by atoms with Gasteiger partial charge in [-0.25, -0.2) is 0 Å². The van der Waals surface area contributed by atoms with Gasteiger partial charge in [0.15, 0.2) is 12.4 Å². The summed E-state index contributed by atoms with van der Waals surface area (Å²) in [5.41, 5.74) is 0. The molecule has 0 spiro atoms. The van der Waals surface area contributed by atoms with Gasteiger partial charge in [-0.2, -0.15) is 5.10 Å². The largest absolute Gasteiger partial charge is 0.480 e. The predicted octanol–water partition coefficient (Wildman–Crippen LogP) is 0.808. The normalized spacial score (nSPS) is 14.8. The van der Waals surface area contributed by atoms with Crippen molar-refractivity contribution in [3.05, 3.63) is 12.4 Å². The van der Waals surface area contributed by atoms with Gasteiger partial charge in [0, 0.05) is 13.1 Å². The molecule has 16 heavy (non-hydrogen) atoms. The van der Waals surface area contributed by atoms with Crippen molar-refractivity contribution in [1.82, 2.24) is 15.1 Å². The second-order valence-corrected chi connectivity index (χ2v) is 4.07. The Bertz CT molecular complexity index is 358. The number of rotatable bonds is 6. The number of hydrogen-bond acceptors (Lipinski definition) is 3. The van der Waals surface area contributed by atoms with Crippen LogP contribution in [0.5, 0.6) is 5.75 Å². The number of nitrogens with one attached hydrogen (secondary N) is 1. The smallest absolute Gasteiger partial charge is 0.257 e. The highest BCUT2D eigenvalue weighted by molar-refractivity contribution is 5.77. The molecule has 1 aromatic rings. The number of aromatic nitrogens is 2. The fourth-order valence-corrected chi connectivity index (χ4v) is 1.37. The second-order valence-electron chi connectivity index (χ2n) is 4.07. The van der Waals surface area contributed by atoms with Gasteiger partial charge in [-0.15, -0.1) is 0 Å². The van der Waals surface area contributed by atoms with Crippen molar-refractivity contribution in [3.63, 3.8) is 0 Å². The molecule has 0 aromatic carbocycles. The van der Waals surface area contributed by atoms with E-state index in [0.29, 0.717) is 11.7 Å². The van der Waals surface area contributed by atoms with Crippen LogP contribution < -0.4 is 10.1 Å². The lowest BCUT2D eigenvalue weighted by Gasteiger charge is -2.04. The lowest BCUT2D eigenvalue weighted by molar-refractivity contribution is -0.123. The summed E-state index contributed by atoms with van der Waals surface area (Å²) in [5.74, 6) is 1.28. The molecule has 0 unspecified atom stereocenters. The highest BCUT2D eigenvalue weighted by atomic mass is 16.5. The van der Waals surface area contributed by atoms with E-state index >= 15 is 0 Å². The Kier molecular flexibility index (Phi) is 3.44. The Morgan fingerprint density at radius 3 is 3.12 bits per heavy atom. The fourth-order valence-electron chi connectivity index (χ4n) is 1.37. The third-order valence-electron chi connectivity index (χ3n) is 2.59. The van der Waals surface area contributed by atoms with Crippen molar-refractivity contribution in [2.45, 2.75) is 26.3 Å². The molecule has 1 aliphatic carbocycles. The van der Waals surface area contributed by atoms with E-state index in [2.05, 4.69) is 10.4 Å². The number of carbonyl (C=O) groups is 1. The molecule has 5 heteroatoms. The van der Waals surface area contributed by atoms with Gasteiger partial charge in [-0.1, -0.05) is 0 Å². The number of nitrogens with zero attached hydrogens (tertiary/aromatic N) is 2. The van der Waals surface area contributed by atoms with Gasteiger partial charge in [0.25, 0.3) is 5.91 Å². The average Bonchev–Trinajstić information content (AvgIpc) is 3.01. The zero-order chi connectivity index (χ0) is 11.4. The number of aryl methyl sites for hydroxylation is 1. The molecule has 0 aliphatic heterocycles. The Morgan fingerprint density at radius 2 is 2.50 bits per heavy atom. The minimum absolute atomic E-state index is 0.0591. The summed E-state index contributed by atoms with van der Waals surface area (Å²) in [6.07, 6.45) is 5.89. The van der Waals surface area contributed by atoms with Crippen LogP contribution in [-0.2, 0) is 11.3 Å². The van der Waals surface area contributed by atoms with Gasteiger partial charge in [0.2, 0.25) is 0 Å². The first-order valence-corrected chi connectivity index (χ1v) is 5.70. The van der Waals surface area contributed by atoms with Crippen LogP contribution in [-0.4, -0.2) is 28.8 Å². The zero-order valence-corrected chi connectivity index (χ0v) is 9.48. The van der Waals surface area contributed by atoms with E-state index < -0.39 is 0 Å². The Morgan fingerprint density at radius 1 is 1.69 bits per heavy atom. The van der Waals surface area contributed by atoms with E-state index in [0.717, 1.165) is 13.1 Å². The number of carbonyl (C=O) groups excluding carboxylic acids is 1. The van der Waals surface area contributed by atoms with Gasteiger partial charge in [-0.3, -0.25) is 9.48 Å². The van der Waals surface area contributed by atoms with E-state index in [9.17, 15) is 4.79 Å². The van der Waals surface area contributed by atoms with E-state index in [1.807, 2.05) is 6.92 Å². The van der Waals surface area contributed by atoms with Crippen molar-refractivity contribution < 1.29 is 9.53 Å². The molecule has 2 rings (SSSR count). The van der Waals surface area contributed by atoms with Gasteiger partial charge in [0.1, 0.15) is 0 Å². The van der Waals surface area contributed by atoms with Crippen LogP contribution in [0, 0.1) is 5.92 Å². The van der Waals surface area contributed by atoms with Gasteiger partial charge >= 0.3 is 0 Å². The van der Waals surface area contributed by atoms with E-state index in [1.54, 1.807) is 17.1 Å². The van der Waals surface area contributed by atoms with Gasteiger partial charge < -0.3 is 10.1 Å². The summed E-state index contributed by atoms with van der Waals surface area (Å²) in [6.45, 7) is 3.66. The minimum Gasteiger partial charge on any atom is -0.480 e. The third kappa shape index (κ3) is 3.25. The van der Waals surface area contributed by atoms with Gasteiger partial charge in [-0.05, 0) is 25.7 Å². The molecular weight excluding hydrogens is 206 g/mol. The molecule has 0 atom stereocenters. The van der Waals surface area contributed by atoms with Crippen LogP contribution >= 0.6 is 0 Å².